The molecule has 0 saturated heterocycles. The molecule has 2 rings (SSSR count). The Labute approximate surface area is 96.4 Å². The lowest BCUT2D eigenvalue weighted by molar-refractivity contribution is 0.349. The zero-order valence-electron chi connectivity index (χ0n) is 9.48. The number of aliphatic hydroxyl groups excluding tert-OH is 1. The minimum absolute atomic E-state index is 0.0956. The largest absolute Gasteiger partial charge is 0.392 e. The van der Waals surface area contributed by atoms with Crippen LogP contribution in [0, 0.1) is 6.92 Å². The van der Waals surface area contributed by atoms with Gasteiger partial charge in [0, 0.05) is 0 Å². The maximum Gasteiger partial charge on any atom is 0.0690 e. The van der Waals surface area contributed by atoms with Crippen LogP contribution in [0.4, 0.5) is 0 Å². The Morgan fingerprint density at radius 1 is 1.25 bits per heavy atom. The Bertz CT molecular complexity index is 464. The highest BCUT2D eigenvalue weighted by Gasteiger charge is 2.08. The second kappa shape index (κ2) is 4.95. The van der Waals surface area contributed by atoms with Gasteiger partial charge in [0.05, 0.1) is 6.61 Å². The molecular formula is C15H16O. The molecule has 0 amide bonds. The Kier molecular flexibility index (Phi) is 3.37. The van der Waals surface area contributed by atoms with Crippen LogP contribution in [-0.4, -0.2) is 11.7 Å². The van der Waals surface area contributed by atoms with Crippen LogP contribution in [0.1, 0.15) is 17.5 Å². The average molecular weight is 212 g/mol. The fourth-order valence-corrected chi connectivity index (χ4v) is 2.01. The van der Waals surface area contributed by atoms with Crippen molar-refractivity contribution in [2.75, 3.05) is 6.61 Å². The van der Waals surface area contributed by atoms with Gasteiger partial charge in [0.15, 0.2) is 0 Å². The first-order valence-corrected chi connectivity index (χ1v) is 5.55. The highest BCUT2D eigenvalue weighted by atomic mass is 16.3. The maximum absolute atomic E-state index is 9.54. The molecule has 0 bridgehead atoms. The van der Waals surface area contributed by atoms with E-state index in [1.54, 1.807) is 0 Å². The molecule has 1 heteroatoms. The summed E-state index contributed by atoms with van der Waals surface area (Å²) < 4.78 is 0. The van der Waals surface area contributed by atoms with E-state index in [1.165, 1.54) is 11.1 Å². The summed E-state index contributed by atoms with van der Waals surface area (Å²) in [4.78, 5) is 0. The second-order valence-corrected chi connectivity index (χ2v) is 3.97. The topological polar surface area (TPSA) is 20.2 Å². The van der Waals surface area contributed by atoms with Crippen molar-refractivity contribution >= 4 is 5.57 Å². The van der Waals surface area contributed by atoms with E-state index in [9.17, 15) is 5.11 Å². The standard InChI is InChI=1S/C15H16O/c1-12-7-5-6-10-14(12)15(11-16)13-8-3-2-4-9-13/h2-8,10,16H,9,11H2,1H3. The smallest absolute Gasteiger partial charge is 0.0690 e. The van der Waals surface area contributed by atoms with E-state index in [0.29, 0.717) is 0 Å². The van der Waals surface area contributed by atoms with E-state index in [0.717, 1.165) is 17.6 Å². The van der Waals surface area contributed by atoms with Crippen LogP contribution in [0.25, 0.3) is 5.57 Å². The average Bonchev–Trinajstić information content (AvgIpc) is 2.34. The normalized spacial score (nSPS) is 17.6. The first-order chi connectivity index (χ1) is 7.83. The Morgan fingerprint density at radius 2 is 2.06 bits per heavy atom. The van der Waals surface area contributed by atoms with E-state index < -0.39 is 0 Å². The first kappa shape index (κ1) is 10.9. The Hall–Kier alpha value is -1.60. The summed E-state index contributed by atoms with van der Waals surface area (Å²) in [7, 11) is 0. The summed E-state index contributed by atoms with van der Waals surface area (Å²) in [6, 6.07) is 8.18. The first-order valence-electron chi connectivity index (χ1n) is 5.55. The SMILES string of the molecule is Cc1ccccc1C(CO)=C1C=CC=CC1. The number of hydrogen-bond acceptors (Lipinski definition) is 1. The molecule has 1 aromatic rings. The van der Waals surface area contributed by atoms with Crippen LogP contribution >= 0.6 is 0 Å². The van der Waals surface area contributed by atoms with Crippen LogP contribution in [0.5, 0.6) is 0 Å². The minimum Gasteiger partial charge on any atom is -0.392 e. The van der Waals surface area contributed by atoms with E-state index in [2.05, 4.69) is 31.2 Å². The highest BCUT2D eigenvalue weighted by molar-refractivity contribution is 5.74. The minimum atomic E-state index is 0.0956. The Balaban J connectivity index is 2.48. The molecule has 0 radical (unpaired) electrons. The third-order valence-electron chi connectivity index (χ3n) is 2.90. The number of aliphatic hydroxyl groups is 1. The van der Waals surface area contributed by atoms with Gasteiger partial charge >= 0.3 is 0 Å². The molecule has 0 heterocycles. The molecule has 1 aromatic carbocycles. The van der Waals surface area contributed by atoms with E-state index in [-0.39, 0.29) is 6.61 Å². The summed E-state index contributed by atoms with van der Waals surface area (Å²) in [5.74, 6) is 0. The van der Waals surface area contributed by atoms with Crippen LogP contribution in [0.2, 0.25) is 0 Å². The highest BCUT2D eigenvalue weighted by Crippen LogP contribution is 2.25. The number of aryl methyl sites for hydroxylation is 1. The molecular weight excluding hydrogens is 196 g/mol. The third-order valence-corrected chi connectivity index (χ3v) is 2.90. The van der Waals surface area contributed by atoms with E-state index in [1.807, 2.05) is 24.3 Å². The van der Waals surface area contributed by atoms with E-state index in [4.69, 9.17) is 0 Å². The maximum atomic E-state index is 9.54. The lowest BCUT2D eigenvalue weighted by Crippen LogP contribution is -1.98. The zero-order chi connectivity index (χ0) is 11.4. The summed E-state index contributed by atoms with van der Waals surface area (Å²) >= 11 is 0. The van der Waals surface area contributed by atoms with Gasteiger partial charge in [-0.2, -0.15) is 0 Å². The molecule has 16 heavy (non-hydrogen) atoms. The van der Waals surface area contributed by atoms with Gasteiger partial charge in [0.2, 0.25) is 0 Å². The van der Waals surface area contributed by atoms with Gasteiger partial charge in [-0.15, -0.1) is 0 Å². The van der Waals surface area contributed by atoms with Gasteiger partial charge in [-0.05, 0) is 35.6 Å². The molecule has 1 N–H and O–H groups in total. The van der Waals surface area contributed by atoms with Crippen molar-refractivity contribution < 1.29 is 5.11 Å². The molecule has 0 spiro atoms. The van der Waals surface area contributed by atoms with Gasteiger partial charge in [-0.25, -0.2) is 0 Å². The van der Waals surface area contributed by atoms with Crippen LogP contribution in [0.3, 0.4) is 0 Å². The van der Waals surface area contributed by atoms with Gasteiger partial charge in [0.1, 0.15) is 0 Å². The quantitative estimate of drug-likeness (QED) is 0.797. The summed E-state index contributed by atoms with van der Waals surface area (Å²) in [5, 5.41) is 9.54. The Morgan fingerprint density at radius 3 is 2.69 bits per heavy atom. The molecule has 1 aliphatic carbocycles. The summed E-state index contributed by atoms with van der Waals surface area (Å²) in [5.41, 5.74) is 4.61. The molecule has 0 atom stereocenters. The van der Waals surface area contributed by atoms with Crippen LogP contribution < -0.4 is 0 Å². The number of hydrogen-bond donors (Lipinski definition) is 1. The van der Waals surface area contributed by atoms with Crippen LogP contribution in [0.15, 0.2) is 54.1 Å². The molecule has 0 fully saturated rings. The van der Waals surface area contributed by atoms with Crippen molar-refractivity contribution in [1.29, 1.82) is 0 Å². The van der Waals surface area contributed by atoms with Crippen molar-refractivity contribution in [1.82, 2.24) is 0 Å². The molecule has 0 saturated carbocycles. The molecule has 82 valence electrons. The van der Waals surface area contributed by atoms with Crippen molar-refractivity contribution in [3.05, 3.63) is 65.3 Å². The fraction of sp³-hybridized carbons (Fsp3) is 0.200. The number of benzene rings is 1. The number of rotatable bonds is 2. The summed E-state index contributed by atoms with van der Waals surface area (Å²) in [6.07, 6.45) is 9.16. The molecule has 0 aliphatic heterocycles. The number of allylic oxidation sites excluding steroid dienone is 5. The summed E-state index contributed by atoms with van der Waals surface area (Å²) in [6.45, 7) is 2.17. The van der Waals surface area contributed by atoms with Crippen molar-refractivity contribution in [2.45, 2.75) is 13.3 Å². The van der Waals surface area contributed by atoms with Gasteiger partial charge in [0.25, 0.3) is 0 Å². The lowest BCUT2D eigenvalue weighted by atomic mass is 9.93. The van der Waals surface area contributed by atoms with Gasteiger partial charge < -0.3 is 5.11 Å². The monoisotopic (exact) mass is 212 g/mol. The van der Waals surface area contributed by atoms with Crippen molar-refractivity contribution in [3.8, 4) is 0 Å². The predicted molar refractivity (Wildman–Crippen MR) is 68.1 cm³/mol. The van der Waals surface area contributed by atoms with Gasteiger partial charge in [-0.1, -0.05) is 48.6 Å². The predicted octanol–water partition coefficient (Wildman–Crippen LogP) is 3.26. The van der Waals surface area contributed by atoms with Gasteiger partial charge in [-0.3, -0.25) is 0 Å². The fourth-order valence-electron chi connectivity index (χ4n) is 2.01. The molecule has 1 nitrogen and oxygen atoms in total. The van der Waals surface area contributed by atoms with Crippen molar-refractivity contribution in [2.24, 2.45) is 0 Å². The van der Waals surface area contributed by atoms with Crippen LogP contribution in [-0.2, 0) is 0 Å². The lowest BCUT2D eigenvalue weighted by Gasteiger charge is -2.13. The zero-order valence-corrected chi connectivity index (χ0v) is 9.48. The molecule has 0 unspecified atom stereocenters. The third kappa shape index (κ3) is 2.15. The second-order valence-electron chi connectivity index (χ2n) is 3.97. The van der Waals surface area contributed by atoms with E-state index >= 15 is 0 Å². The molecule has 0 aromatic heterocycles. The van der Waals surface area contributed by atoms with Crippen molar-refractivity contribution in [3.63, 3.8) is 0 Å². The molecule has 1 aliphatic rings.